The fourth-order valence-corrected chi connectivity index (χ4v) is 1.10. The van der Waals surface area contributed by atoms with Crippen molar-refractivity contribution in [2.24, 2.45) is 0 Å². The van der Waals surface area contributed by atoms with Gasteiger partial charge in [-0.3, -0.25) is 5.11 Å². The average molecular weight is 149 g/mol. The zero-order chi connectivity index (χ0) is 7.68. The standard InChI is InChI=1S/C9H9O2/c10-9-4-2-1-3-7(9)5-8-6-11-8/h1-4,8H,5-6H2. The number of benzene rings is 1. The molecule has 1 aromatic rings. The zero-order valence-electron chi connectivity index (χ0n) is 6.12. The normalized spacial score (nSPS) is 21.6. The summed E-state index contributed by atoms with van der Waals surface area (Å²) < 4.78 is 5.03. The Kier molecular flexibility index (Phi) is 1.55. The van der Waals surface area contributed by atoms with E-state index < -0.39 is 0 Å². The maximum absolute atomic E-state index is 11.1. The van der Waals surface area contributed by atoms with Crippen molar-refractivity contribution in [3.05, 3.63) is 29.8 Å². The zero-order valence-corrected chi connectivity index (χ0v) is 6.12. The summed E-state index contributed by atoms with van der Waals surface area (Å²) in [6.07, 6.45) is 1.09. The monoisotopic (exact) mass is 149 g/mol. The second-order valence-electron chi connectivity index (χ2n) is 2.77. The summed E-state index contributed by atoms with van der Waals surface area (Å²) in [7, 11) is 0. The lowest BCUT2D eigenvalue weighted by Crippen LogP contribution is -1.91. The molecule has 1 radical (unpaired) electrons. The molecule has 2 nitrogen and oxygen atoms in total. The van der Waals surface area contributed by atoms with Crippen LogP contribution >= 0.6 is 0 Å². The number of ether oxygens (including phenoxy) is 1. The molecule has 0 saturated carbocycles. The molecule has 1 heterocycles. The predicted molar refractivity (Wildman–Crippen MR) is 40.0 cm³/mol. The summed E-state index contributed by atoms with van der Waals surface area (Å²) in [6, 6.07) is 7.11. The van der Waals surface area contributed by atoms with Gasteiger partial charge in [-0.1, -0.05) is 18.2 Å². The first-order chi connectivity index (χ1) is 5.36. The van der Waals surface area contributed by atoms with Crippen LogP contribution in [0, 0.1) is 0 Å². The van der Waals surface area contributed by atoms with Gasteiger partial charge in [0.25, 0.3) is 0 Å². The van der Waals surface area contributed by atoms with E-state index in [-0.39, 0.29) is 5.75 Å². The van der Waals surface area contributed by atoms with Gasteiger partial charge >= 0.3 is 0 Å². The van der Waals surface area contributed by atoms with Gasteiger partial charge in [0.2, 0.25) is 0 Å². The maximum atomic E-state index is 11.1. The lowest BCUT2D eigenvalue weighted by Gasteiger charge is -1.96. The van der Waals surface area contributed by atoms with Crippen LogP contribution in [0.4, 0.5) is 0 Å². The molecular formula is C9H9O2. The summed E-state index contributed by atoms with van der Waals surface area (Å²) in [5, 5.41) is 11.1. The molecular weight excluding hydrogens is 140 g/mol. The quantitative estimate of drug-likeness (QED) is 0.590. The van der Waals surface area contributed by atoms with Crippen molar-refractivity contribution in [1.29, 1.82) is 0 Å². The molecule has 1 saturated heterocycles. The maximum Gasteiger partial charge on any atom is 0.181 e. The van der Waals surface area contributed by atoms with Crippen LogP contribution in [0.15, 0.2) is 24.3 Å². The van der Waals surface area contributed by atoms with Gasteiger partial charge in [-0.2, -0.15) is 0 Å². The Morgan fingerprint density at radius 1 is 1.45 bits per heavy atom. The topological polar surface area (TPSA) is 32.4 Å². The lowest BCUT2D eigenvalue weighted by molar-refractivity contribution is 0.345. The first kappa shape index (κ1) is 6.68. The number of para-hydroxylation sites is 1. The third-order valence-electron chi connectivity index (χ3n) is 1.82. The van der Waals surface area contributed by atoms with Gasteiger partial charge in [0.05, 0.1) is 12.7 Å². The Hall–Kier alpha value is -1.02. The molecule has 1 aliphatic rings. The second-order valence-corrected chi connectivity index (χ2v) is 2.77. The number of hydrogen-bond donors (Lipinski definition) is 0. The van der Waals surface area contributed by atoms with Gasteiger partial charge in [-0.15, -0.1) is 0 Å². The van der Waals surface area contributed by atoms with Gasteiger partial charge in [0, 0.05) is 12.0 Å². The smallest absolute Gasteiger partial charge is 0.181 e. The third kappa shape index (κ3) is 1.52. The van der Waals surface area contributed by atoms with E-state index in [1.54, 1.807) is 12.1 Å². The highest BCUT2D eigenvalue weighted by molar-refractivity contribution is 5.32. The van der Waals surface area contributed by atoms with Crippen molar-refractivity contribution in [3.8, 4) is 5.75 Å². The number of hydrogen-bond acceptors (Lipinski definition) is 1. The Balaban J connectivity index is 2.15. The van der Waals surface area contributed by atoms with Crippen molar-refractivity contribution in [3.63, 3.8) is 0 Å². The highest BCUT2D eigenvalue weighted by atomic mass is 16.6. The summed E-state index contributed by atoms with van der Waals surface area (Å²) in [6.45, 7) is 0.814. The molecule has 57 valence electrons. The van der Waals surface area contributed by atoms with Gasteiger partial charge in [0.1, 0.15) is 0 Å². The molecule has 0 bridgehead atoms. The minimum Gasteiger partial charge on any atom is -0.373 e. The number of epoxide rings is 1. The van der Waals surface area contributed by atoms with E-state index in [0.717, 1.165) is 18.6 Å². The molecule has 0 aliphatic carbocycles. The average Bonchev–Trinajstić information content (AvgIpc) is 2.78. The van der Waals surface area contributed by atoms with Gasteiger partial charge in [-0.25, -0.2) is 0 Å². The molecule has 2 rings (SSSR count). The summed E-state index contributed by atoms with van der Waals surface area (Å²) in [4.78, 5) is 0. The van der Waals surface area contributed by atoms with E-state index in [1.165, 1.54) is 0 Å². The largest absolute Gasteiger partial charge is 0.373 e. The van der Waals surface area contributed by atoms with Crippen molar-refractivity contribution in [2.45, 2.75) is 12.5 Å². The predicted octanol–water partition coefficient (Wildman–Crippen LogP) is 1.77. The van der Waals surface area contributed by atoms with Gasteiger partial charge < -0.3 is 4.74 Å². The lowest BCUT2D eigenvalue weighted by atomic mass is 10.1. The van der Waals surface area contributed by atoms with E-state index in [1.807, 2.05) is 12.1 Å². The molecule has 1 unspecified atom stereocenters. The van der Waals surface area contributed by atoms with Crippen molar-refractivity contribution < 1.29 is 9.84 Å². The fourth-order valence-electron chi connectivity index (χ4n) is 1.10. The highest BCUT2D eigenvalue weighted by Gasteiger charge is 2.23. The van der Waals surface area contributed by atoms with Crippen LogP contribution in [0.1, 0.15) is 5.56 Å². The van der Waals surface area contributed by atoms with Crippen LogP contribution in [-0.4, -0.2) is 12.7 Å². The van der Waals surface area contributed by atoms with Gasteiger partial charge in [0.15, 0.2) is 5.75 Å². The van der Waals surface area contributed by atoms with Crippen LogP contribution in [-0.2, 0) is 16.3 Å². The first-order valence-corrected chi connectivity index (χ1v) is 3.73. The Morgan fingerprint density at radius 2 is 2.18 bits per heavy atom. The molecule has 0 aromatic heterocycles. The molecule has 1 aliphatic heterocycles. The molecule has 1 fully saturated rings. The molecule has 2 heteroatoms. The molecule has 0 spiro atoms. The summed E-state index contributed by atoms with van der Waals surface area (Å²) >= 11 is 0. The molecule has 0 amide bonds. The van der Waals surface area contributed by atoms with E-state index in [0.29, 0.717) is 6.10 Å². The van der Waals surface area contributed by atoms with Crippen molar-refractivity contribution in [2.75, 3.05) is 6.61 Å². The molecule has 1 aromatic carbocycles. The number of rotatable bonds is 2. The Morgan fingerprint density at radius 3 is 2.82 bits per heavy atom. The van der Waals surface area contributed by atoms with E-state index in [2.05, 4.69) is 0 Å². The minimum absolute atomic E-state index is 0.128. The van der Waals surface area contributed by atoms with Gasteiger partial charge in [-0.05, 0) is 6.07 Å². The SMILES string of the molecule is [O]c1ccccc1CC1CO1. The molecule has 0 N–H and O–H groups in total. The van der Waals surface area contributed by atoms with E-state index in [9.17, 15) is 5.11 Å². The second kappa shape index (κ2) is 2.55. The van der Waals surface area contributed by atoms with Crippen LogP contribution in [0.2, 0.25) is 0 Å². The van der Waals surface area contributed by atoms with Crippen LogP contribution in [0.25, 0.3) is 0 Å². The third-order valence-corrected chi connectivity index (χ3v) is 1.82. The Labute approximate surface area is 65.4 Å². The summed E-state index contributed by atoms with van der Waals surface area (Å²) in [5.41, 5.74) is 0.870. The first-order valence-electron chi connectivity index (χ1n) is 3.73. The van der Waals surface area contributed by atoms with E-state index >= 15 is 0 Å². The van der Waals surface area contributed by atoms with Crippen LogP contribution < -0.4 is 0 Å². The Bertz CT molecular complexity index is 253. The van der Waals surface area contributed by atoms with Crippen LogP contribution in [0.3, 0.4) is 0 Å². The molecule has 11 heavy (non-hydrogen) atoms. The van der Waals surface area contributed by atoms with Crippen molar-refractivity contribution >= 4 is 0 Å². The molecule has 1 atom stereocenters. The minimum atomic E-state index is 0.128. The highest BCUT2D eigenvalue weighted by Crippen LogP contribution is 2.23. The van der Waals surface area contributed by atoms with E-state index in [4.69, 9.17) is 4.74 Å². The van der Waals surface area contributed by atoms with Crippen LogP contribution in [0.5, 0.6) is 5.75 Å². The fraction of sp³-hybridized carbons (Fsp3) is 0.333. The van der Waals surface area contributed by atoms with Crippen molar-refractivity contribution in [1.82, 2.24) is 0 Å². The summed E-state index contributed by atoms with van der Waals surface area (Å²) in [5.74, 6) is 0.128.